The molecule has 2 aromatic rings. The lowest BCUT2D eigenvalue weighted by atomic mass is 9.98. The average Bonchev–Trinajstić information content (AvgIpc) is 3.62. The summed E-state index contributed by atoms with van der Waals surface area (Å²) in [4.78, 5) is 64.4. The molecular weight excluding hydrogens is 646 g/mol. The van der Waals surface area contributed by atoms with Crippen LogP contribution in [-0.2, 0) is 25.7 Å². The first-order valence-corrected chi connectivity index (χ1v) is 18.5. The van der Waals surface area contributed by atoms with Gasteiger partial charge in [-0.1, -0.05) is 97.2 Å². The van der Waals surface area contributed by atoms with E-state index in [2.05, 4.69) is 21.3 Å². The van der Waals surface area contributed by atoms with Gasteiger partial charge in [-0.05, 0) is 67.6 Å². The summed E-state index contributed by atoms with van der Waals surface area (Å²) < 4.78 is 6.68. The third-order valence-electron chi connectivity index (χ3n) is 8.14. The molecule has 1 aromatic heterocycles. The van der Waals surface area contributed by atoms with Crippen LogP contribution < -0.4 is 21.3 Å². The van der Waals surface area contributed by atoms with E-state index in [-0.39, 0.29) is 48.0 Å². The highest BCUT2D eigenvalue weighted by Crippen LogP contribution is 2.13. The van der Waals surface area contributed by atoms with Crippen molar-refractivity contribution in [2.45, 2.75) is 124 Å². The summed E-state index contributed by atoms with van der Waals surface area (Å²) in [6.07, 6.45) is 12.0. The number of allylic oxidation sites excluding steroid dienone is 1. The van der Waals surface area contributed by atoms with Gasteiger partial charge in [0.2, 0.25) is 17.7 Å². The van der Waals surface area contributed by atoms with Crippen LogP contribution in [0, 0.1) is 17.8 Å². The van der Waals surface area contributed by atoms with Crippen molar-refractivity contribution < 1.29 is 28.7 Å². The summed E-state index contributed by atoms with van der Waals surface area (Å²) in [5.41, 5.74) is 0.935. The van der Waals surface area contributed by atoms with Gasteiger partial charge in [-0.2, -0.15) is 0 Å². The summed E-state index contributed by atoms with van der Waals surface area (Å²) in [6, 6.07) is 11.1. The number of carbonyl (C=O) groups is 5. The topological polar surface area (TPSA) is 148 Å². The van der Waals surface area contributed by atoms with Gasteiger partial charge in [-0.25, -0.2) is 4.79 Å². The van der Waals surface area contributed by atoms with Gasteiger partial charge in [0, 0.05) is 37.5 Å². The van der Waals surface area contributed by atoms with Crippen molar-refractivity contribution in [2.75, 3.05) is 6.54 Å². The van der Waals surface area contributed by atoms with E-state index in [9.17, 15) is 24.0 Å². The number of hydrogen-bond acceptors (Lipinski definition) is 6. The second-order valence-electron chi connectivity index (χ2n) is 14.5. The van der Waals surface area contributed by atoms with E-state index in [1.807, 2.05) is 71.9 Å². The highest BCUT2D eigenvalue weighted by Gasteiger charge is 2.29. The highest BCUT2D eigenvalue weighted by molar-refractivity contribution is 5.92. The van der Waals surface area contributed by atoms with E-state index in [0.717, 1.165) is 31.2 Å². The fourth-order valence-corrected chi connectivity index (χ4v) is 5.59. The number of carbonyl (C=O) groups excluding carboxylic acids is 5. The standard InChI is InChI=1S/C40H61N5O6/c1-29(2)25-33(20-21-37(47)45-23-15-16-24-45)42-38(48)35(27-31(5)6)44-39(49)34(26-30(3)4)43-36(46)19-13-8-7-9-14-22-41-40(50)51-28-32-17-11-10-12-18-32/h10-12,15-18,20-21,23-24,29-31,33-35H,7-9,13-14,19,22,25-28H2,1-6H3,(H,41,50)(H,42,48)(H,43,46)(H,44,49)/b21-20+/t33-,34+,35+/m1/s1. The van der Waals surface area contributed by atoms with E-state index in [1.54, 1.807) is 30.6 Å². The molecule has 0 radical (unpaired) electrons. The quantitative estimate of drug-likeness (QED) is 0.0762. The first-order valence-electron chi connectivity index (χ1n) is 18.5. The second kappa shape index (κ2) is 23.9. The summed E-state index contributed by atoms with van der Waals surface area (Å²) in [5.74, 6) is -0.602. The minimum atomic E-state index is -0.799. The van der Waals surface area contributed by atoms with Crippen LogP contribution in [0.2, 0.25) is 0 Å². The van der Waals surface area contributed by atoms with Gasteiger partial charge in [0.25, 0.3) is 5.91 Å². The fraction of sp³-hybridized carbons (Fsp3) is 0.575. The lowest BCUT2D eigenvalue weighted by Gasteiger charge is -2.27. The Labute approximate surface area is 304 Å². The maximum atomic E-state index is 13.6. The van der Waals surface area contributed by atoms with Crippen molar-refractivity contribution in [1.29, 1.82) is 0 Å². The molecule has 11 heteroatoms. The summed E-state index contributed by atoms with van der Waals surface area (Å²) in [5, 5.41) is 11.6. The minimum absolute atomic E-state index is 0.123. The average molecular weight is 708 g/mol. The molecule has 282 valence electrons. The number of hydrogen-bond donors (Lipinski definition) is 4. The third kappa shape index (κ3) is 19.0. The predicted octanol–water partition coefficient (Wildman–Crippen LogP) is 6.54. The van der Waals surface area contributed by atoms with Crippen LogP contribution in [0.1, 0.15) is 110 Å². The molecule has 0 aliphatic carbocycles. The Bertz CT molecular complexity index is 1360. The molecule has 0 saturated heterocycles. The molecule has 51 heavy (non-hydrogen) atoms. The van der Waals surface area contributed by atoms with Crippen LogP contribution >= 0.6 is 0 Å². The minimum Gasteiger partial charge on any atom is -0.445 e. The van der Waals surface area contributed by atoms with Crippen molar-refractivity contribution in [1.82, 2.24) is 25.8 Å². The van der Waals surface area contributed by atoms with Crippen molar-refractivity contribution in [2.24, 2.45) is 17.8 Å². The molecule has 1 heterocycles. The van der Waals surface area contributed by atoms with E-state index in [4.69, 9.17) is 4.74 Å². The lowest BCUT2D eigenvalue weighted by Crippen LogP contribution is -2.55. The molecule has 0 unspecified atom stereocenters. The molecule has 0 fully saturated rings. The Morgan fingerprint density at radius 1 is 0.686 bits per heavy atom. The zero-order valence-corrected chi connectivity index (χ0v) is 31.5. The number of rotatable bonds is 23. The Morgan fingerprint density at radius 3 is 1.88 bits per heavy atom. The molecule has 4 amide bonds. The normalized spacial score (nSPS) is 13.2. The van der Waals surface area contributed by atoms with Crippen molar-refractivity contribution in [3.8, 4) is 0 Å². The summed E-state index contributed by atoms with van der Waals surface area (Å²) in [6.45, 7) is 12.8. The van der Waals surface area contributed by atoms with Gasteiger partial charge in [0.15, 0.2) is 0 Å². The van der Waals surface area contributed by atoms with Gasteiger partial charge in [0.05, 0.1) is 0 Å². The number of nitrogens with one attached hydrogen (secondary N) is 4. The fourth-order valence-electron chi connectivity index (χ4n) is 5.59. The maximum Gasteiger partial charge on any atom is 0.407 e. The van der Waals surface area contributed by atoms with Crippen LogP contribution in [0.4, 0.5) is 4.79 Å². The van der Waals surface area contributed by atoms with Crippen molar-refractivity contribution in [3.63, 3.8) is 0 Å². The van der Waals surface area contributed by atoms with Crippen LogP contribution in [0.15, 0.2) is 67.0 Å². The van der Waals surface area contributed by atoms with Gasteiger partial charge in [-0.15, -0.1) is 0 Å². The first-order chi connectivity index (χ1) is 24.3. The highest BCUT2D eigenvalue weighted by atomic mass is 16.5. The van der Waals surface area contributed by atoms with E-state index in [0.29, 0.717) is 38.6 Å². The van der Waals surface area contributed by atoms with Gasteiger partial charge >= 0.3 is 6.09 Å². The van der Waals surface area contributed by atoms with Gasteiger partial charge in [0.1, 0.15) is 18.7 Å². The van der Waals surface area contributed by atoms with E-state index >= 15 is 0 Å². The van der Waals surface area contributed by atoms with E-state index < -0.39 is 24.2 Å². The molecule has 1 aromatic carbocycles. The summed E-state index contributed by atoms with van der Waals surface area (Å²) in [7, 11) is 0. The second-order valence-corrected chi connectivity index (χ2v) is 14.5. The Balaban J connectivity index is 1.82. The number of alkyl carbamates (subject to hydrolysis) is 1. The van der Waals surface area contributed by atoms with Crippen LogP contribution in [0.25, 0.3) is 0 Å². The molecule has 4 N–H and O–H groups in total. The van der Waals surface area contributed by atoms with Gasteiger partial charge in [-0.3, -0.25) is 23.7 Å². The largest absolute Gasteiger partial charge is 0.445 e. The van der Waals surface area contributed by atoms with Gasteiger partial charge < -0.3 is 26.0 Å². The zero-order chi connectivity index (χ0) is 37.6. The van der Waals surface area contributed by atoms with Crippen LogP contribution in [0.3, 0.4) is 0 Å². The zero-order valence-electron chi connectivity index (χ0n) is 31.5. The molecule has 2 rings (SSSR count). The Kier molecular flexibility index (Phi) is 20.0. The Morgan fingerprint density at radius 2 is 1.25 bits per heavy atom. The third-order valence-corrected chi connectivity index (χ3v) is 8.14. The van der Waals surface area contributed by atoms with Crippen molar-refractivity contribution >= 4 is 29.7 Å². The number of amides is 4. The molecule has 0 aliphatic heterocycles. The maximum absolute atomic E-state index is 13.6. The molecule has 0 spiro atoms. The first kappa shape index (κ1) is 42.8. The molecule has 0 bridgehead atoms. The van der Waals surface area contributed by atoms with Crippen LogP contribution in [0.5, 0.6) is 0 Å². The summed E-state index contributed by atoms with van der Waals surface area (Å²) >= 11 is 0. The predicted molar refractivity (Wildman–Crippen MR) is 201 cm³/mol. The molecule has 11 nitrogen and oxygen atoms in total. The number of aromatic nitrogens is 1. The molecule has 0 saturated carbocycles. The molecule has 0 aliphatic rings. The van der Waals surface area contributed by atoms with Crippen LogP contribution in [-0.4, -0.2) is 59.0 Å². The van der Waals surface area contributed by atoms with Crippen molar-refractivity contribution in [3.05, 3.63) is 72.6 Å². The molecular formula is C40H61N5O6. The van der Waals surface area contributed by atoms with E-state index in [1.165, 1.54) is 10.6 Å². The smallest absolute Gasteiger partial charge is 0.407 e. The molecule has 3 atom stereocenters. The number of benzene rings is 1. The number of nitrogens with zero attached hydrogens (tertiary/aromatic N) is 1. The number of ether oxygens (including phenoxy) is 1. The lowest BCUT2D eigenvalue weighted by molar-refractivity contribution is -0.132. The number of unbranched alkanes of at least 4 members (excludes halogenated alkanes) is 4. The SMILES string of the molecule is CC(C)C[C@@H](/C=C/C(=O)n1cccc1)NC(=O)[C@H](CC(C)C)NC(=O)[C@H](CC(C)C)NC(=O)CCCCCCCNC(=O)OCc1ccccc1. The Hall–Kier alpha value is -4.41. The monoisotopic (exact) mass is 707 g/mol.